The summed E-state index contributed by atoms with van der Waals surface area (Å²) in [6, 6.07) is 6.88. The van der Waals surface area contributed by atoms with Gasteiger partial charge in [0.2, 0.25) is 0 Å². The number of pyridine rings is 1. The lowest BCUT2D eigenvalue weighted by molar-refractivity contribution is 0.593. The number of hydrogen-bond donors (Lipinski definition) is 1. The first kappa shape index (κ1) is 12.2. The van der Waals surface area contributed by atoms with Gasteiger partial charge in [-0.25, -0.2) is 4.39 Å². The second-order valence-electron chi connectivity index (χ2n) is 3.83. The Hall–Kier alpha value is -1.26. The number of halogens is 2. The van der Waals surface area contributed by atoms with Crippen LogP contribution in [0, 0.1) is 12.7 Å². The lowest BCUT2D eigenvalue weighted by Crippen LogP contribution is -2.15. The predicted octanol–water partition coefficient (Wildman–Crippen LogP) is 3.34. The zero-order valence-corrected chi connectivity index (χ0v) is 10.9. The van der Waals surface area contributed by atoms with Gasteiger partial charge in [0.05, 0.1) is 12.2 Å². The van der Waals surface area contributed by atoms with Crippen molar-refractivity contribution in [2.45, 2.75) is 13.0 Å². The molecular formula is C13H12BrFN2. The van der Waals surface area contributed by atoms with Gasteiger partial charge in [-0.3, -0.25) is 4.98 Å². The molecule has 0 saturated heterocycles. The number of rotatable bonds is 2. The lowest BCUT2D eigenvalue weighted by atomic mass is 9.96. The molecule has 1 heterocycles. The van der Waals surface area contributed by atoms with E-state index < -0.39 is 6.04 Å². The molecule has 0 fully saturated rings. The molecule has 4 heteroatoms. The summed E-state index contributed by atoms with van der Waals surface area (Å²) in [6.45, 7) is 1.96. The molecule has 1 unspecified atom stereocenters. The zero-order chi connectivity index (χ0) is 12.4. The molecule has 2 aromatic rings. The molecule has 0 aliphatic heterocycles. The van der Waals surface area contributed by atoms with Crippen LogP contribution in [0.25, 0.3) is 0 Å². The molecule has 0 amide bonds. The Morgan fingerprint density at radius 2 is 2.06 bits per heavy atom. The Morgan fingerprint density at radius 3 is 2.76 bits per heavy atom. The summed E-state index contributed by atoms with van der Waals surface area (Å²) >= 11 is 3.44. The van der Waals surface area contributed by atoms with E-state index in [0.29, 0.717) is 5.56 Å². The van der Waals surface area contributed by atoms with Crippen molar-refractivity contribution in [3.8, 4) is 0 Å². The van der Waals surface area contributed by atoms with Crippen LogP contribution in [0.2, 0.25) is 0 Å². The quantitative estimate of drug-likeness (QED) is 0.923. The average molecular weight is 295 g/mol. The minimum absolute atomic E-state index is 0.376. The summed E-state index contributed by atoms with van der Waals surface area (Å²) in [5.74, 6) is -0.376. The van der Waals surface area contributed by atoms with Crippen LogP contribution >= 0.6 is 15.9 Å². The minimum Gasteiger partial charge on any atom is -0.320 e. The van der Waals surface area contributed by atoms with Gasteiger partial charge >= 0.3 is 0 Å². The van der Waals surface area contributed by atoms with Crippen molar-refractivity contribution >= 4 is 15.9 Å². The molecule has 0 aliphatic carbocycles. The highest BCUT2D eigenvalue weighted by Crippen LogP contribution is 2.28. The maximum absolute atomic E-state index is 13.6. The van der Waals surface area contributed by atoms with E-state index in [-0.39, 0.29) is 5.82 Å². The SMILES string of the molecule is Cc1c(Br)cccc1C(N)c1ccncc1F. The Balaban J connectivity index is 2.48. The summed E-state index contributed by atoms with van der Waals surface area (Å²) in [6.07, 6.45) is 2.73. The predicted molar refractivity (Wildman–Crippen MR) is 69.1 cm³/mol. The fraction of sp³-hybridized carbons (Fsp3) is 0.154. The van der Waals surface area contributed by atoms with Crippen molar-refractivity contribution in [2.75, 3.05) is 0 Å². The molecule has 0 saturated carbocycles. The second kappa shape index (κ2) is 4.94. The van der Waals surface area contributed by atoms with Gasteiger partial charge in [-0.2, -0.15) is 0 Å². The van der Waals surface area contributed by atoms with E-state index in [2.05, 4.69) is 20.9 Å². The third kappa shape index (κ3) is 2.37. The van der Waals surface area contributed by atoms with Crippen LogP contribution in [0.5, 0.6) is 0 Å². The van der Waals surface area contributed by atoms with Crippen molar-refractivity contribution in [3.05, 3.63) is 63.6 Å². The van der Waals surface area contributed by atoms with Crippen LogP contribution in [-0.2, 0) is 0 Å². The fourth-order valence-corrected chi connectivity index (χ4v) is 2.15. The molecule has 1 atom stereocenters. The van der Waals surface area contributed by atoms with Crippen LogP contribution in [0.4, 0.5) is 4.39 Å². The van der Waals surface area contributed by atoms with E-state index in [9.17, 15) is 4.39 Å². The largest absolute Gasteiger partial charge is 0.320 e. The highest BCUT2D eigenvalue weighted by Gasteiger charge is 2.16. The number of hydrogen-bond acceptors (Lipinski definition) is 2. The van der Waals surface area contributed by atoms with Gasteiger partial charge in [0.15, 0.2) is 0 Å². The summed E-state index contributed by atoms with van der Waals surface area (Å²) in [4.78, 5) is 3.72. The van der Waals surface area contributed by atoms with Gasteiger partial charge in [-0.05, 0) is 30.2 Å². The highest BCUT2D eigenvalue weighted by molar-refractivity contribution is 9.10. The fourth-order valence-electron chi connectivity index (χ4n) is 1.77. The Bertz CT molecular complexity index is 543. The van der Waals surface area contributed by atoms with Crippen molar-refractivity contribution in [2.24, 2.45) is 5.73 Å². The van der Waals surface area contributed by atoms with Gasteiger partial charge in [-0.15, -0.1) is 0 Å². The molecular weight excluding hydrogens is 283 g/mol. The number of aromatic nitrogens is 1. The standard InChI is InChI=1S/C13H12BrFN2/c1-8-9(3-2-4-11(8)14)13(16)10-5-6-17-7-12(10)15/h2-7,13H,16H2,1H3. The summed E-state index contributed by atoms with van der Waals surface area (Å²) in [5, 5.41) is 0. The van der Waals surface area contributed by atoms with Crippen LogP contribution in [0.1, 0.15) is 22.7 Å². The molecule has 0 spiro atoms. The number of nitrogens with zero attached hydrogens (tertiary/aromatic N) is 1. The Morgan fingerprint density at radius 1 is 1.29 bits per heavy atom. The summed E-state index contributed by atoms with van der Waals surface area (Å²) in [5.41, 5.74) is 8.49. The molecule has 1 aromatic heterocycles. The monoisotopic (exact) mass is 294 g/mol. The van der Waals surface area contributed by atoms with Gasteiger partial charge < -0.3 is 5.73 Å². The van der Waals surface area contributed by atoms with Gasteiger partial charge in [0.25, 0.3) is 0 Å². The first-order valence-electron chi connectivity index (χ1n) is 5.21. The molecule has 0 bridgehead atoms. The average Bonchev–Trinajstić information content (AvgIpc) is 2.32. The molecule has 0 radical (unpaired) electrons. The maximum Gasteiger partial charge on any atom is 0.146 e. The van der Waals surface area contributed by atoms with Crippen LogP contribution in [-0.4, -0.2) is 4.98 Å². The van der Waals surface area contributed by atoms with E-state index in [0.717, 1.165) is 15.6 Å². The van der Waals surface area contributed by atoms with E-state index >= 15 is 0 Å². The first-order chi connectivity index (χ1) is 8.11. The third-order valence-electron chi connectivity index (χ3n) is 2.78. The normalized spacial score (nSPS) is 12.5. The van der Waals surface area contributed by atoms with E-state index in [1.165, 1.54) is 6.20 Å². The van der Waals surface area contributed by atoms with Gasteiger partial charge in [-0.1, -0.05) is 28.1 Å². The zero-order valence-electron chi connectivity index (χ0n) is 9.32. The van der Waals surface area contributed by atoms with Crippen molar-refractivity contribution in [1.82, 2.24) is 4.98 Å². The third-order valence-corrected chi connectivity index (χ3v) is 3.64. The van der Waals surface area contributed by atoms with Crippen molar-refractivity contribution in [1.29, 1.82) is 0 Å². The first-order valence-corrected chi connectivity index (χ1v) is 6.00. The highest BCUT2D eigenvalue weighted by atomic mass is 79.9. The lowest BCUT2D eigenvalue weighted by Gasteiger charge is -2.16. The topological polar surface area (TPSA) is 38.9 Å². The minimum atomic E-state index is -0.476. The molecule has 0 aliphatic rings. The van der Waals surface area contributed by atoms with Crippen molar-refractivity contribution < 1.29 is 4.39 Å². The molecule has 88 valence electrons. The summed E-state index contributed by atoms with van der Waals surface area (Å²) < 4.78 is 14.6. The Labute approximate surface area is 108 Å². The van der Waals surface area contributed by atoms with Crippen molar-refractivity contribution in [3.63, 3.8) is 0 Å². The van der Waals surface area contributed by atoms with Gasteiger partial charge in [0, 0.05) is 16.2 Å². The molecule has 2 rings (SSSR count). The molecule has 2 N–H and O–H groups in total. The maximum atomic E-state index is 13.6. The number of benzene rings is 1. The smallest absolute Gasteiger partial charge is 0.146 e. The van der Waals surface area contributed by atoms with E-state index in [4.69, 9.17) is 5.73 Å². The van der Waals surface area contributed by atoms with Gasteiger partial charge in [0.1, 0.15) is 5.82 Å². The Kier molecular flexibility index (Phi) is 3.54. The molecule has 17 heavy (non-hydrogen) atoms. The van der Waals surface area contributed by atoms with E-state index in [1.807, 2.05) is 25.1 Å². The summed E-state index contributed by atoms with van der Waals surface area (Å²) in [7, 11) is 0. The second-order valence-corrected chi connectivity index (χ2v) is 4.68. The molecule has 1 aromatic carbocycles. The molecule has 2 nitrogen and oxygen atoms in total. The van der Waals surface area contributed by atoms with Crippen LogP contribution < -0.4 is 5.73 Å². The van der Waals surface area contributed by atoms with Crippen LogP contribution in [0.15, 0.2) is 41.1 Å². The van der Waals surface area contributed by atoms with E-state index in [1.54, 1.807) is 12.3 Å². The van der Waals surface area contributed by atoms with Crippen LogP contribution in [0.3, 0.4) is 0 Å². The number of nitrogens with two attached hydrogens (primary N) is 1.